The van der Waals surface area contributed by atoms with Crippen molar-refractivity contribution in [2.45, 2.75) is 26.7 Å². The number of rotatable bonds is 4. The van der Waals surface area contributed by atoms with Crippen LogP contribution in [0.25, 0.3) is 0 Å². The van der Waals surface area contributed by atoms with E-state index in [4.69, 9.17) is 14.0 Å². The van der Waals surface area contributed by atoms with Crippen molar-refractivity contribution < 1.29 is 28.7 Å². The van der Waals surface area contributed by atoms with Gasteiger partial charge in [0.25, 0.3) is 0 Å². The lowest BCUT2D eigenvalue weighted by atomic mass is 10.1. The second-order valence-corrected chi connectivity index (χ2v) is 5.73. The highest BCUT2D eigenvalue weighted by Crippen LogP contribution is 2.35. The number of hydrogen-bond acceptors (Lipinski definition) is 6. The number of nitrogens with zero attached hydrogens (tertiary/aromatic N) is 1. The number of amides is 1. The third kappa shape index (κ3) is 3.57. The van der Waals surface area contributed by atoms with Gasteiger partial charge in [0, 0.05) is 24.1 Å². The third-order valence-corrected chi connectivity index (χ3v) is 3.91. The van der Waals surface area contributed by atoms with Gasteiger partial charge in [-0.15, -0.1) is 0 Å². The number of aromatic nitrogens is 1. The molecule has 8 nitrogen and oxygen atoms in total. The lowest BCUT2D eigenvalue weighted by Crippen LogP contribution is -2.17. The lowest BCUT2D eigenvalue weighted by molar-refractivity contribution is -0.115. The van der Waals surface area contributed by atoms with E-state index in [1.165, 1.54) is 12.1 Å². The molecule has 0 saturated heterocycles. The highest BCUT2D eigenvalue weighted by atomic mass is 16.5. The molecule has 132 valence electrons. The molecule has 1 aromatic heterocycles. The van der Waals surface area contributed by atoms with E-state index >= 15 is 0 Å². The van der Waals surface area contributed by atoms with Crippen molar-refractivity contribution in [2.24, 2.45) is 0 Å². The lowest BCUT2D eigenvalue weighted by Gasteiger charge is -2.13. The highest BCUT2D eigenvalue weighted by molar-refractivity contribution is 6.02. The number of aryl methyl sites for hydroxylation is 2. The molecule has 8 heteroatoms. The van der Waals surface area contributed by atoms with Crippen molar-refractivity contribution in [1.29, 1.82) is 0 Å². The van der Waals surface area contributed by atoms with Crippen LogP contribution in [0.4, 0.5) is 5.69 Å². The Hall–Kier alpha value is -3.03. The fraction of sp³-hybridized carbons (Fsp3) is 0.353. The number of anilines is 1. The van der Waals surface area contributed by atoms with Gasteiger partial charge in [-0.2, -0.15) is 0 Å². The molecule has 0 atom stereocenters. The number of hydrogen-bond donors (Lipinski definition) is 2. The molecule has 2 aromatic rings. The Balaban J connectivity index is 1.86. The topological polar surface area (TPSA) is 111 Å². The van der Waals surface area contributed by atoms with Crippen LogP contribution in [0.15, 0.2) is 16.7 Å². The van der Waals surface area contributed by atoms with Crippen molar-refractivity contribution >= 4 is 17.6 Å². The molecule has 0 radical (unpaired) electrons. The van der Waals surface area contributed by atoms with E-state index < -0.39 is 5.97 Å². The largest absolute Gasteiger partial charge is 0.490 e. The van der Waals surface area contributed by atoms with Gasteiger partial charge in [0.2, 0.25) is 5.91 Å². The first-order valence-corrected chi connectivity index (χ1v) is 7.84. The maximum Gasteiger partial charge on any atom is 0.337 e. The summed E-state index contributed by atoms with van der Waals surface area (Å²) in [6.45, 7) is 4.38. The van der Waals surface area contributed by atoms with Gasteiger partial charge in [-0.3, -0.25) is 4.79 Å². The average molecular weight is 346 g/mol. The van der Waals surface area contributed by atoms with Crippen LogP contribution in [0.3, 0.4) is 0 Å². The minimum absolute atomic E-state index is 0.0364. The van der Waals surface area contributed by atoms with Crippen molar-refractivity contribution in [1.82, 2.24) is 5.16 Å². The van der Waals surface area contributed by atoms with Crippen LogP contribution >= 0.6 is 0 Å². The van der Waals surface area contributed by atoms with Gasteiger partial charge < -0.3 is 24.4 Å². The zero-order valence-corrected chi connectivity index (χ0v) is 13.9. The predicted octanol–water partition coefficient (Wildman–Crippen LogP) is 2.33. The van der Waals surface area contributed by atoms with E-state index in [0.29, 0.717) is 48.2 Å². The van der Waals surface area contributed by atoms with E-state index in [-0.39, 0.29) is 23.6 Å². The first-order valence-electron chi connectivity index (χ1n) is 7.84. The van der Waals surface area contributed by atoms with Gasteiger partial charge in [0.05, 0.1) is 36.6 Å². The molecule has 1 aliphatic heterocycles. The molecule has 0 saturated carbocycles. The van der Waals surface area contributed by atoms with Crippen molar-refractivity contribution in [2.75, 3.05) is 18.5 Å². The Labute approximate surface area is 143 Å². The number of benzene rings is 1. The van der Waals surface area contributed by atoms with Gasteiger partial charge in [-0.05, 0) is 13.8 Å². The molecule has 2 N–H and O–H groups in total. The van der Waals surface area contributed by atoms with Crippen LogP contribution in [0.1, 0.15) is 33.8 Å². The quantitative estimate of drug-likeness (QED) is 0.874. The summed E-state index contributed by atoms with van der Waals surface area (Å²) in [6, 6.07) is 2.85. The van der Waals surface area contributed by atoms with Crippen LogP contribution in [0.2, 0.25) is 0 Å². The fourth-order valence-electron chi connectivity index (χ4n) is 2.60. The highest BCUT2D eigenvalue weighted by Gasteiger charge is 2.21. The van der Waals surface area contributed by atoms with Crippen molar-refractivity contribution in [3.63, 3.8) is 0 Å². The summed E-state index contributed by atoms with van der Waals surface area (Å²) in [5, 5.41) is 15.9. The molecule has 0 fully saturated rings. The zero-order valence-electron chi connectivity index (χ0n) is 13.9. The number of fused-ring (bicyclic) bond motifs is 1. The van der Waals surface area contributed by atoms with Crippen LogP contribution in [0, 0.1) is 13.8 Å². The number of carboxylic acids is 1. The molecule has 0 bridgehead atoms. The second kappa shape index (κ2) is 6.84. The molecule has 1 aromatic carbocycles. The monoisotopic (exact) mass is 346 g/mol. The Morgan fingerprint density at radius 3 is 2.48 bits per heavy atom. The molecule has 3 rings (SSSR count). The van der Waals surface area contributed by atoms with Crippen LogP contribution in [-0.4, -0.2) is 35.4 Å². The van der Waals surface area contributed by atoms with E-state index in [2.05, 4.69) is 10.5 Å². The predicted molar refractivity (Wildman–Crippen MR) is 87.3 cm³/mol. The van der Waals surface area contributed by atoms with Crippen LogP contribution < -0.4 is 14.8 Å². The normalized spacial score (nSPS) is 13.2. The number of nitrogens with one attached hydrogen (secondary N) is 1. The van der Waals surface area contributed by atoms with Crippen molar-refractivity contribution in [3.05, 3.63) is 34.7 Å². The number of ether oxygens (including phenoxy) is 2. The minimum Gasteiger partial charge on any atom is -0.490 e. The zero-order chi connectivity index (χ0) is 18.0. The summed E-state index contributed by atoms with van der Waals surface area (Å²) in [5.74, 6) is -0.201. The first-order chi connectivity index (χ1) is 12.0. The average Bonchev–Trinajstić information content (AvgIpc) is 2.77. The molecule has 1 aliphatic rings. The SMILES string of the molecule is Cc1noc(C)c1CC(=O)Nc1cc2c(cc1C(=O)O)OCCCO2. The third-order valence-electron chi connectivity index (χ3n) is 3.91. The van der Waals surface area contributed by atoms with Gasteiger partial charge in [-0.1, -0.05) is 5.16 Å². The van der Waals surface area contributed by atoms with Crippen LogP contribution in [-0.2, 0) is 11.2 Å². The molecular formula is C17H18N2O6. The molecule has 0 unspecified atom stereocenters. The van der Waals surface area contributed by atoms with Gasteiger partial charge >= 0.3 is 5.97 Å². The summed E-state index contributed by atoms with van der Waals surface area (Å²) < 4.78 is 16.1. The maximum absolute atomic E-state index is 12.3. The number of carbonyl (C=O) groups is 2. The number of carbonyl (C=O) groups excluding carboxylic acids is 1. The number of aromatic carboxylic acids is 1. The molecule has 1 amide bonds. The van der Waals surface area contributed by atoms with E-state index in [1.807, 2.05) is 0 Å². The van der Waals surface area contributed by atoms with Gasteiger partial charge in [-0.25, -0.2) is 4.79 Å². The Bertz CT molecular complexity index is 807. The summed E-state index contributed by atoms with van der Waals surface area (Å²) in [7, 11) is 0. The summed E-state index contributed by atoms with van der Waals surface area (Å²) >= 11 is 0. The smallest absolute Gasteiger partial charge is 0.337 e. The Morgan fingerprint density at radius 2 is 1.88 bits per heavy atom. The Morgan fingerprint density at radius 1 is 1.20 bits per heavy atom. The van der Waals surface area contributed by atoms with Gasteiger partial charge in [0.1, 0.15) is 5.76 Å². The maximum atomic E-state index is 12.3. The van der Waals surface area contributed by atoms with Crippen LogP contribution in [0.5, 0.6) is 11.5 Å². The summed E-state index contributed by atoms with van der Waals surface area (Å²) in [5.41, 5.74) is 1.42. The van der Waals surface area contributed by atoms with Crippen molar-refractivity contribution in [3.8, 4) is 11.5 Å². The molecular weight excluding hydrogens is 328 g/mol. The van der Waals surface area contributed by atoms with Gasteiger partial charge in [0.15, 0.2) is 11.5 Å². The van der Waals surface area contributed by atoms with E-state index in [0.717, 1.165) is 0 Å². The Kier molecular flexibility index (Phi) is 4.60. The minimum atomic E-state index is -1.16. The van der Waals surface area contributed by atoms with E-state index in [1.54, 1.807) is 13.8 Å². The first kappa shape index (κ1) is 16.8. The second-order valence-electron chi connectivity index (χ2n) is 5.73. The molecule has 25 heavy (non-hydrogen) atoms. The molecule has 0 spiro atoms. The molecule has 2 heterocycles. The fourth-order valence-corrected chi connectivity index (χ4v) is 2.60. The molecule has 0 aliphatic carbocycles. The number of carboxylic acid groups (broad SMARTS) is 1. The standard InChI is InChI=1S/C17H18N2O6/c1-9-11(10(2)25-19-9)7-16(20)18-13-8-15-14(6-12(13)17(21)22)23-4-3-5-24-15/h6,8H,3-5,7H2,1-2H3,(H,18,20)(H,21,22). The summed E-state index contributed by atoms with van der Waals surface area (Å²) in [6.07, 6.45) is 0.736. The summed E-state index contributed by atoms with van der Waals surface area (Å²) in [4.78, 5) is 23.9. The van der Waals surface area contributed by atoms with E-state index in [9.17, 15) is 14.7 Å².